The number of benzene rings is 2. The summed E-state index contributed by atoms with van der Waals surface area (Å²) in [4.78, 5) is 13.6. The zero-order valence-electron chi connectivity index (χ0n) is 15.6. The van der Waals surface area contributed by atoms with Crippen molar-refractivity contribution in [2.45, 2.75) is 19.5 Å². The zero-order chi connectivity index (χ0) is 19.1. The first-order chi connectivity index (χ1) is 13.2. The predicted molar refractivity (Wildman–Crippen MR) is 109 cm³/mol. The number of thiophene rings is 1. The maximum absolute atomic E-state index is 12.4. The van der Waals surface area contributed by atoms with Gasteiger partial charge in [-0.2, -0.15) is 0 Å². The number of carbonyl (C=O) groups is 1. The van der Waals surface area contributed by atoms with Crippen LogP contribution in [0, 0.1) is 6.92 Å². The lowest BCUT2D eigenvalue weighted by Gasteiger charge is -2.15. The summed E-state index contributed by atoms with van der Waals surface area (Å²) < 4.78 is 5.33. The summed E-state index contributed by atoms with van der Waals surface area (Å²) in [5.74, 6) is 0.799. The Balaban J connectivity index is 1.61. The van der Waals surface area contributed by atoms with Gasteiger partial charge in [-0.25, -0.2) is 0 Å². The van der Waals surface area contributed by atoms with Crippen LogP contribution in [0.1, 0.15) is 27.6 Å². The number of quaternary nitrogens is 1. The molecule has 0 aliphatic rings. The first kappa shape index (κ1) is 19.1. The van der Waals surface area contributed by atoms with Gasteiger partial charge in [0.05, 0.1) is 12.0 Å². The van der Waals surface area contributed by atoms with E-state index in [0.29, 0.717) is 13.1 Å². The second-order valence-corrected chi connectivity index (χ2v) is 7.41. The minimum absolute atomic E-state index is 0.00886. The lowest BCUT2D eigenvalue weighted by atomic mass is 10.0. The van der Waals surface area contributed by atoms with Crippen molar-refractivity contribution in [2.75, 3.05) is 13.7 Å². The number of amides is 1. The molecule has 1 heterocycles. The minimum atomic E-state index is 0.00886. The fraction of sp³-hybridized carbons (Fsp3) is 0.227. The molecule has 0 radical (unpaired) electrons. The zero-order valence-corrected chi connectivity index (χ0v) is 16.5. The summed E-state index contributed by atoms with van der Waals surface area (Å²) in [7, 11) is 1.64. The van der Waals surface area contributed by atoms with E-state index in [0.717, 1.165) is 11.3 Å². The van der Waals surface area contributed by atoms with Crippen molar-refractivity contribution in [2.24, 2.45) is 0 Å². The number of carbonyl (C=O) groups excluding carboxylic acids is 1. The molecule has 0 bridgehead atoms. The van der Waals surface area contributed by atoms with E-state index >= 15 is 0 Å². The van der Waals surface area contributed by atoms with Crippen LogP contribution in [0.3, 0.4) is 0 Å². The van der Waals surface area contributed by atoms with Gasteiger partial charge in [-0.1, -0.05) is 54.1 Å². The third kappa shape index (κ3) is 5.18. The van der Waals surface area contributed by atoms with Crippen LogP contribution in [-0.4, -0.2) is 19.6 Å². The monoisotopic (exact) mass is 381 g/mol. The van der Waals surface area contributed by atoms with Crippen molar-refractivity contribution < 1.29 is 14.8 Å². The second kappa shape index (κ2) is 9.35. The van der Waals surface area contributed by atoms with Gasteiger partial charge in [-0.3, -0.25) is 4.79 Å². The van der Waals surface area contributed by atoms with Crippen LogP contribution < -0.4 is 15.4 Å². The standard InChI is InChI=1S/C22H24N2O2S/c1-16-9-11-17(12-10-16)22(20-8-5-13-27-20)24-15-21(25)23-14-18-6-3-4-7-19(18)26-2/h3-13,22,24H,14-15H2,1-2H3,(H,23,25)/p+1/t22-/m1/s1. The Labute approximate surface area is 164 Å². The highest BCUT2D eigenvalue weighted by atomic mass is 32.1. The first-order valence-electron chi connectivity index (χ1n) is 8.99. The van der Waals surface area contributed by atoms with Crippen molar-refractivity contribution in [1.82, 2.24) is 5.32 Å². The Hall–Kier alpha value is -2.63. The molecule has 5 heteroatoms. The molecule has 3 rings (SSSR count). The molecule has 27 heavy (non-hydrogen) atoms. The highest BCUT2D eigenvalue weighted by Gasteiger charge is 2.20. The van der Waals surface area contributed by atoms with Crippen molar-refractivity contribution >= 4 is 17.2 Å². The van der Waals surface area contributed by atoms with Gasteiger partial charge < -0.3 is 15.4 Å². The lowest BCUT2D eigenvalue weighted by molar-refractivity contribution is -0.676. The molecular formula is C22H25N2O2S+. The van der Waals surface area contributed by atoms with Crippen LogP contribution >= 0.6 is 11.3 Å². The average Bonchev–Trinajstić information content (AvgIpc) is 3.22. The van der Waals surface area contributed by atoms with E-state index in [1.54, 1.807) is 18.4 Å². The van der Waals surface area contributed by atoms with Gasteiger partial charge in [0, 0.05) is 17.7 Å². The van der Waals surface area contributed by atoms with E-state index in [2.05, 4.69) is 59.3 Å². The van der Waals surface area contributed by atoms with Crippen molar-refractivity contribution in [3.05, 3.63) is 87.6 Å². The fourth-order valence-corrected chi connectivity index (χ4v) is 3.85. The molecule has 2 aromatic carbocycles. The quantitative estimate of drug-likeness (QED) is 0.630. The SMILES string of the molecule is COc1ccccc1CNC(=O)C[NH2+][C@H](c1ccc(C)cc1)c1cccs1. The average molecular weight is 382 g/mol. The Bertz CT molecular complexity index is 860. The van der Waals surface area contributed by atoms with Crippen LogP contribution in [0.4, 0.5) is 0 Å². The summed E-state index contributed by atoms with van der Waals surface area (Å²) in [6.07, 6.45) is 0. The maximum atomic E-state index is 12.4. The summed E-state index contributed by atoms with van der Waals surface area (Å²) in [6.45, 7) is 2.91. The van der Waals surface area contributed by atoms with Crippen LogP contribution in [0.15, 0.2) is 66.0 Å². The topological polar surface area (TPSA) is 54.9 Å². The number of methoxy groups -OCH3 is 1. The molecular weight excluding hydrogens is 356 g/mol. The number of rotatable bonds is 8. The summed E-state index contributed by atoms with van der Waals surface area (Å²) in [6, 6.07) is 20.5. The van der Waals surface area contributed by atoms with Crippen molar-refractivity contribution in [3.8, 4) is 5.75 Å². The van der Waals surface area contributed by atoms with Gasteiger partial charge in [0.1, 0.15) is 11.8 Å². The van der Waals surface area contributed by atoms with E-state index in [1.807, 2.05) is 24.3 Å². The fourth-order valence-electron chi connectivity index (χ4n) is 3.00. The van der Waals surface area contributed by atoms with Gasteiger partial charge in [-0.05, 0) is 24.4 Å². The maximum Gasteiger partial charge on any atom is 0.275 e. The smallest absolute Gasteiger partial charge is 0.275 e. The van der Waals surface area contributed by atoms with E-state index in [-0.39, 0.29) is 11.9 Å². The molecule has 3 N–H and O–H groups in total. The van der Waals surface area contributed by atoms with Crippen LogP contribution in [0.25, 0.3) is 0 Å². The van der Waals surface area contributed by atoms with Gasteiger partial charge in [0.15, 0.2) is 6.54 Å². The Kier molecular flexibility index (Phi) is 6.63. The van der Waals surface area contributed by atoms with Crippen LogP contribution in [0.2, 0.25) is 0 Å². The molecule has 0 fully saturated rings. The van der Waals surface area contributed by atoms with Crippen molar-refractivity contribution in [1.29, 1.82) is 0 Å². The predicted octanol–water partition coefficient (Wildman–Crippen LogP) is 3.03. The number of hydrogen-bond donors (Lipinski definition) is 2. The van der Waals surface area contributed by atoms with E-state index in [9.17, 15) is 4.79 Å². The summed E-state index contributed by atoms with van der Waals surface area (Å²) in [5, 5.41) is 7.15. The van der Waals surface area contributed by atoms with E-state index < -0.39 is 0 Å². The summed E-state index contributed by atoms with van der Waals surface area (Å²) in [5.41, 5.74) is 3.42. The van der Waals surface area contributed by atoms with E-state index in [4.69, 9.17) is 4.74 Å². The molecule has 1 atom stereocenters. The molecule has 3 aromatic rings. The molecule has 1 aromatic heterocycles. The lowest BCUT2D eigenvalue weighted by Crippen LogP contribution is -2.87. The molecule has 4 nitrogen and oxygen atoms in total. The Morgan fingerprint density at radius 2 is 1.89 bits per heavy atom. The van der Waals surface area contributed by atoms with Gasteiger partial charge in [0.25, 0.3) is 5.91 Å². The highest BCUT2D eigenvalue weighted by molar-refractivity contribution is 7.10. The molecule has 1 amide bonds. The minimum Gasteiger partial charge on any atom is -0.496 e. The molecule has 0 saturated carbocycles. The highest BCUT2D eigenvalue weighted by Crippen LogP contribution is 2.23. The third-order valence-electron chi connectivity index (χ3n) is 4.49. The number of para-hydroxylation sites is 1. The molecule has 0 aliphatic heterocycles. The van der Waals surface area contributed by atoms with Crippen LogP contribution in [-0.2, 0) is 11.3 Å². The molecule has 140 valence electrons. The first-order valence-corrected chi connectivity index (χ1v) is 9.87. The van der Waals surface area contributed by atoms with Crippen molar-refractivity contribution in [3.63, 3.8) is 0 Å². The van der Waals surface area contributed by atoms with Gasteiger partial charge in [-0.15, -0.1) is 11.3 Å². The Morgan fingerprint density at radius 1 is 1.11 bits per heavy atom. The number of ether oxygens (including phenoxy) is 1. The molecule has 0 saturated heterocycles. The molecule has 0 spiro atoms. The number of hydrogen-bond acceptors (Lipinski definition) is 3. The van der Waals surface area contributed by atoms with Gasteiger partial charge >= 0.3 is 0 Å². The number of nitrogens with two attached hydrogens (primary N) is 1. The Morgan fingerprint density at radius 3 is 2.59 bits per heavy atom. The summed E-state index contributed by atoms with van der Waals surface area (Å²) >= 11 is 1.72. The molecule has 0 aliphatic carbocycles. The molecule has 0 unspecified atom stereocenters. The largest absolute Gasteiger partial charge is 0.496 e. The van der Waals surface area contributed by atoms with Gasteiger partial charge in [0.2, 0.25) is 0 Å². The van der Waals surface area contributed by atoms with E-state index in [1.165, 1.54) is 16.0 Å². The third-order valence-corrected chi connectivity index (χ3v) is 5.45. The number of aryl methyl sites for hydroxylation is 1. The second-order valence-electron chi connectivity index (χ2n) is 6.43. The number of nitrogens with one attached hydrogen (secondary N) is 1. The van der Waals surface area contributed by atoms with Crippen LogP contribution in [0.5, 0.6) is 5.75 Å². The normalized spacial score (nSPS) is 11.8.